The van der Waals surface area contributed by atoms with Crippen molar-refractivity contribution in [1.82, 2.24) is 19.7 Å². The fraction of sp³-hybridized carbons (Fsp3) is 0.286. The summed E-state index contributed by atoms with van der Waals surface area (Å²) in [6.07, 6.45) is 3.47. The molecule has 0 atom stereocenters. The molecule has 0 saturated heterocycles. The maximum absolute atomic E-state index is 12.4. The maximum atomic E-state index is 12.4. The van der Waals surface area contributed by atoms with Crippen LogP contribution in [0.5, 0.6) is 11.6 Å². The lowest BCUT2D eigenvalue weighted by Crippen LogP contribution is -2.33. The lowest BCUT2D eigenvalue weighted by Gasteiger charge is -2.31. The number of aromatic amines is 2. The molecule has 11 heteroatoms. The average molecular weight is 474 g/mol. The lowest BCUT2D eigenvalue weighted by molar-refractivity contribution is 0.394. The van der Waals surface area contributed by atoms with Crippen LogP contribution in [0.1, 0.15) is 43.4 Å². The lowest BCUT2D eigenvalue weighted by atomic mass is 9.74. The zero-order chi connectivity index (χ0) is 23.2. The highest BCUT2D eigenvalue weighted by Gasteiger charge is 2.33. The fourth-order valence-electron chi connectivity index (χ4n) is 3.96. The quantitative estimate of drug-likeness (QED) is 0.599. The number of fused-ring (bicyclic) bond motifs is 1. The van der Waals surface area contributed by atoms with Crippen molar-refractivity contribution in [3.63, 3.8) is 0 Å². The van der Waals surface area contributed by atoms with Crippen LogP contribution in [0.2, 0.25) is 10.0 Å². The number of hydrogen-bond donors (Lipinski definition) is 2. The normalized spacial score (nSPS) is 14.5. The molecule has 2 aromatic heterocycles. The number of halogens is 2. The smallest absolute Gasteiger partial charge is 0.332 e. The zero-order valence-electron chi connectivity index (χ0n) is 17.1. The second kappa shape index (κ2) is 7.97. The van der Waals surface area contributed by atoms with Crippen molar-refractivity contribution in [3.8, 4) is 23.4 Å². The molecule has 0 aliphatic heterocycles. The average Bonchev–Trinajstić information content (AvgIpc) is 2.71. The predicted molar refractivity (Wildman–Crippen MR) is 118 cm³/mol. The first-order chi connectivity index (χ1) is 15.1. The molecular formula is C21H17Cl2N5O4. The molecule has 32 heavy (non-hydrogen) atoms. The minimum Gasteiger partial charge on any atom is -0.434 e. The van der Waals surface area contributed by atoms with Gasteiger partial charge in [-0.25, -0.2) is 9.89 Å². The summed E-state index contributed by atoms with van der Waals surface area (Å²) in [6.45, 7) is 3.99. The van der Waals surface area contributed by atoms with Crippen LogP contribution in [0.3, 0.4) is 0 Å². The van der Waals surface area contributed by atoms with E-state index in [1.807, 2.05) is 13.8 Å². The van der Waals surface area contributed by atoms with Gasteiger partial charge in [0.2, 0.25) is 5.88 Å². The summed E-state index contributed by atoms with van der Waals surface area (Å²) in [5.41, 5.74) is -0.819. The van der Waals surface area contributed by atoms with Gasteiger partial charge in [0.15, 0.2) is 5.75 Å². The van der Waals surface area contributed by atoms with Gasteiger partial charge in [0.05, 0.1) is 15.7 Å². The molecule has 164 valence electrons. The van der Waals surface area contributed by atoms with Crippen LogP contribution in [0.4, 0.5) is 0 Å². The Kier molecular flexibility index (Phi) is 5.44. The second-order valence-corrected chi connectivity index (χ2v) is 8.89. The molecule has 1 aliphatic carbocycles. The van der Waals surface area contributed by atoms with Crippen LogP contribution in [0.25, 0.3) is 5.69 Å². The minimum absolute atomic E-state index is 0.0703. The van der Waals surface area contributed by atoms with Crippen LogP contribution in [-0.4, -0.2) is 19.7 Å². The molecule has 0 amide bonds. The first kappa shape index (κ1) is 21.9. The highest BCUT2D eigenvalue weighted by atomic mass is 35.5. The van der Waals surface area contributed by atoms with Gasteiger partial charge in [-0.3, -0.25) is 19.1 Å². The fourth-order valence-corrected chi connectivity index (χ4v) is 4.51. The summed E-state index contributed by atoms with van der Waals surface area (Å²) in [7, 11) is 0. The monoisotopic (exact) mass is 473 g/mol. The van der Waals surface area contributed by atoms with Crippen molar-refractivity contribution in [2.45, 2.75) is 38.5 Å². The van der Waals surface area contributed by atoms with Gasteiger partial charge in [0.25, 0.3) is 11.1 Å². The van der Waals surface area contributed by atoms with Crippen molar-refractivity contribution in [3.05, 3.63) is 76.3 Å². The first-order valence-corrected chi connectivity index (χ1v) is 10.4. The van der Waals surface area contributed by atoms with Crippen molar-refractivity contribution in [2.24, 2.45) is 0 Å². The van der Waals surface area contributed by atoms with Crippen molar-refractivity contribution in [1.29, 1.82) is 5.26 Å². The number of rotatable bonds is 3. The summed E-state index contributed by atoms with van der Waals surface area (Å²) < 4.78 is 6.97. The molecule has 0 unspecified atom stereocenters. The van der Waals surface area contributed by atoms with Gasteiger partial charge in [0.1, 0.15) is 11.6 Å². The Bertz CT molecular complexity index is 1440. The third kappa shape index (κ3) is 3.72. The van der Waals surface area contributed by atoms with Crippen LogP contribution >= 0.6 is 23.2 Å². The molecule has 0 fully saturated rings. The Morgan fingerprint density at radius 1 is 1.19 bits per heavy atom. The highest BCUT2D eigenvalue weighted by Crippen LogP contribution is 2.42. The Morgan fingerprint density at radius 2 is 1.88 bits per heavy atom. The summed E-state index contributed by atoms with van der Waals surface area (Å²) >= 11 is 12.8. The first-order valence-electron chi connectivity index (χ1n) is 9.68. The number of nitrogens with zero attached hydrogens (tertiary/aromatic N) is 3. The van der Waals surface area contributed by atoms with Crippen molar-refractivity contribution < 1.29 is 4.74 Å². The van der Waals surface area contributed by atoms with E-state index >= 15 is 0 Å². The van der Waals surface area contributed by atoms with E-state index in [-0.39, 0.29) is 43.9 Å². The number of benzene rings is 1. The second-order valence-electron chi connectivity index (χ2n) is 8.07. The molecule has 2 N–H and O–H groups in total. The predicted octanol–water partition coefficient (Wildman–Crippen LogP) is 3.19. The summed E-state index contributed by atoms with van der Waals surface area (Å²) in [4.78, 5) is 38.3. The van der Waals surface area contributed by atoms with Gasteiger partial charge >= 0.3 is 5.69 Å². The van der Waals surface area contributed by atoms with E-state index in [1.165, 1.54) is 12.1 Å². The molecule has 0 bridgehead atoms. The van der Waals surface area contributed by atoms with E-state index in [0.717, 1.165) is 23.6 Å². The third-order valence-electron chi connectivity index (χ3n) is 5.47. The van der Waals surface area contributed by atoms with Gasteiger partial charge in [0, 0.05) is 17.3 Å². The maximum Gasteiger partial charge on any atom is 0.332 e. The molecule has 3 aromatic rings. The molecule has 4 rings (SSSR count). The molecule has 2 heterocycles. The number of aromatic nitrogens is 4. The Morgan fingerprint density at radius 3 is 2.53 bits per heavy atom. The van der Waals surface area contributed by atoms with E-state index in [4.69, 9.17) is 33.2 Å². The van der Waals surface area contributed by atoms with Crippen LogP contribution in [-0.2, 0) is 11.8 Å². The molecule has 0 radical (unpaired) electrons. The molecule has 9 nitrogen and oxygen atoms in total. The van der Waals surface area contributed by atoms with E-state index in [0.29, 0.717) is 17.5 Å². The molecule has 0 spiro atoms. The van der Waals surface area contributed by atoms with Gasteiger partial charge in [-0.1, -0.05) is 37.0 Å². The van der Waals surface area contributed by atoms with E-state index in [9.17, 15) is 14.4 Å². The minimum atomic E-state index is -0.789. The van der Waals surface area contributed by atoms with Crippen molar-refractivity contribution in [2.75, 3.05) is 0 Å². The third-order valence-corrected chi connectivity index (χ3v) is 6.04. The Balaban J connectivity index is 1.79. The molecule has 0 saturated carbocycles. The standard InChI is InChI=1S/C21H17Cl2N5O4/c1-21(2)5-3-4-12-15(21)18(30)26-27-19(12)32-16-13(22)6-11(7-14(16)23)28-9-10(8-24)17(29)25-20(28)31/h6-7,9H,3-5H2,1-2H3,(H,26,30)(H,25,29,31). The molecule has 1 aromatic carbocycles. The van der Waals surface area contributed by atoms with Crippen molar-refractivity contribution >= 4 is 23.2 Å². The van der Waals surface area contributed by atoms with Crippen LogP contribution < -0.4 is 21.5 Å². The summed E-state index contributed by atoms with van der Waals surface area (Å²) in [5, 5.41) is 15.7. The van der Waals surface area contributed by atoms with E-state index in [1.54, 1.807) is 6.07 Å². The number of ether oxygens (including phenoxy) is 1. The van der Waals surface area contributed by atoms with Gasteiger partial charge < -0.3 is 4.74 Å². The zero-order valence-corrected chi connectivity index (χ0v) is 18.6. The Hall–Kier alpha value is -3.35. The number of nitriles is 1. The largest absolute Gasteiger partial charge is 0.434 e. The summed E-state index contributed by atoms with van der Waals surface area (Å²) in [6, 6.07) is 4.53. The number of H-pyrrole nitrogens is 2. The van der Waals surface area contributed by atoms with E-state index in [2.05, 4.69) is 15.2 Å². The highest BCUT2D eigenvalue weighted by molar-refractivity contribution is 6.37. The Labute approximate surface area is 191 Å². The van der Waals surface area contributed by atoms with Crippen LogP contribution in [0.15, 0.2) is 32.7 Å². The topological polar surface area (TPSA) is 134 Å². The van der Waals surface area contributed by atoms with Gasteiger partial charge in [-0.05, 0) is 36.8 Å². The van der Waals surface area contributed by atoms with E-state index < -0.39 is 11.2 Å². The molecule has 1 aliphatic rings. The van der Waals surface area contributed by atoms with Gasteiger partial charge in [-0.15, -0.1) is 5.10 Å². The summed E-state index contributed by atoms with van der Waals surface area (Å²) in [5.74, 6) is 0.303. The van der Waals surface area contributed by atoms with Crippen LogP contribution in [0, 0.1) is 11.3 Å². The number of hydrogen-bond acceptors (Lipinski definition) is 6. The number of nitrogens with one attached hydrogen (secondary N) is 2. The molecular weight excluding hydrogens is 457 g/mol. The SMILES string of the molecule is CC1(C)CCCc2c(Oc3c(Cl)cc(-n4cc(C#N)c(=O)[nH]c4=O)cc3Cl)n[nH]c(=O)c21. The van der Waals surface area contributed by atoms with Gasteiger partial charge in [-0.2, -0.15) is 5.26 Å².